The fourth-order valence-corrected chi connectivity index (χ4v) is 0.650. The maximum absolute atomic E-state index is 12.3. The predicted octanol–water partition coefficient (Wildman–Crippen LogP) is 2.56. The molecule has 1 aromatic carbocycles. The maximum Gasteiger partial charge on any atom is 2.00 e. The topological polar surface area (TPSA) is 0 Å². The average molecular weight is 246 g/mol. The Balaban J connectivity index is 0.00000144. The SMILES string of the molecule is [CH2-]c1c(F)c(F)c(F)c(F)c1F.[Zn+2]. The van der Waals surface area contributed by atoms with Crippen LogP contribution in [0.2, 0.25) is 0 Å². The second kappa shape index (κ2) is 4.05. The Kier molecular flexibility index (Phi) is 3.85. The number of rotatable bonds is 0. The van der Waals surface area contributed by atoms with Crippen LogP contribution < -0.4 is 0 Å². The van der Waals surface area contributed by atoms with E-state index in [1.807, 2.05) is 0 Å². The van der Waals surface area contributed by atoms with Gasteiger partial charge in [-0.1, -0.05) is 0 Å². The Morgan fingerprint density at radius 2 is 0.846 bits per heavy atom. The van der Waals surface area contributed by atoms with Gasteiger partial charge in [-0.2, -0.15) is 6.92 Å². The van der Waals surface area contributed by atoms with Crippen molar-refractivity contribution in [3.8, 4) is 0 Å². The van der Waals surface area contributed by atoms with Crippen LogP contribution in [0.1, 0.15) is 5.56 Å². The average Bonchev–Trinajstić information content (AvgIpc) is 2.08. The zero-order chi connectivity index (χ0) is 9.46. The Labute approximate surface area is 83.5 Å². The normalized spacial score (nSPS) is 9.62. The molecule has 0 atom stereocenters. The number of halogens is 5. The first-order chi connectivity index (χ1) is 5.46. The second-order valence-electron chi connectivity index (χ2n) is 2.05. The molecule has 0 bridgehead atoms. The minimum Gasteiger partial charge on any atom is -0.280 e. The van der Waals surface area contributed by atoms with Crippen LogP contribution in [0.4, 0.5) is 22.0 Å². The van der Waals surface area contributed by atoms with Gasteiger partial charge in [0.05, 0.1) is 11.6 Å². The molecule has 0 unspecified atom stereocenters. The van der Waals surface area contributed by atoms with Gasteiger partial charge < -0.3 is 0 Å². The van der Waals surface area contributed by atoms with Gasteiger partial charge in [0, 0.05) is 0 Å². The van der Waals surface area contributed by atoms with E-state index in [0.717, 1.165) is 0 Å². The van der Waals surface area contributed by atoms with Gasteiger partial charge in [0.1, 0.15) is 11.6 Å². The Hall–Kier alpha value is -0.637. The van der Waals surface area contributed by atoms with Gasteiger partial charge >= 0.3 is 19.5 Å². The third-order valence-electron chi connectivity index (χ3n) is 1.30. The molecule has 6 heteroatoms. The van der Waals surface area contributed by atoms with E-state index in [-0.39, 0.29) is 19.5 Å². The van der Waals surface area contributed by atoms with Gasteiger partial charge in [-0.05, 0) is 0 Å². The van der Waals surface area contributed by atoms with Crippen molar-refractivity contribution in [2.45, 2.75) is 0 Å². The molecule has 0 heterocycles. The molecule has 1 rings (SSSR count). The standard InChI is InChI=1S/C7H2F5.Zn/c1-2-3(8)5(10)7(12)6(11)4(2)9;/h1H2;/q-1;+2. The summed E-state index contributed by atoms with van der Waals surface area (Å²) in [5.41, 5.74) is -1.12. The summed E-state index contributed by atoms with van der Waals surface area (Å²) in [4.78, 5) is 0. The van der Waals surface area contributed by atoms with Crippen molar-refractivity contribution in [1.82, 2.24) is 0 Å². The zero-order valence-corrected chi connectivity index (χ0v) is 9.27. The van der Waals surface area contributed by atoms with E-state index in [1.165, 1.54) is 0 Å². The summed E-state index contributed by atoms with van der Waals surface area (Å²) in [6, 6.07) is 0. The molecule has 0 aromatic heterocycles. The molecule has 66 valence electrons. The van der Waals surface area contributed by atoms with Crippen molar-refractivity contribution in [1.29, 1.82) is 0 Å². The molecular weight excluding hydrogens is 244 g/mol. The van der Waals surface area contributed by atoms with Crippen LogP contribution in [0.25, 0.3) is 0 Å². The van der Waals surface area contributed by atoms with Crippen LogP contribution in [0.3, 0.4) is 0 Å². The number of benzene rings is 1. The minimum atomic E-state index is -2.17. The molecule has 0 amide bonds. The molecule has 0 aliphatic carbocycles. The van der Waals surface area contributed by atoms with Crippen LogP contribution in [-0.4, -0.2) is 0 Å². The molecule has 13 heavy (non-hydrogen) atoms. The van der Waals surface area contributed by atoms with E-state index >= 15 is 0 Å². The first-order valence-electron chi connectivity index (χ1n) is 2.80. The van der Waals surface area contributed by atoms with Gasteiger partial charge in [0.15, 0.2) is 5.82 Å². The molecule has 0 spiro atoms. The molecule has 0 N–H and O–H groups in total. The fourth-order valence-electron chi connectivity index (χ4n) is 0.650. The molecule has 1 aromatic rings. The molecule has 0 radical (unpaired) electrons. The monoisotopic (exact) mass is 245 g/mol. The smallest absolute Gasteiger partial charge is 0.280 e. The van der Waals surface area contributed by atoms with E-state index in [4.69, 9.17) is 0 Å². The van der Waals surface area contributed by atoms with Gasteiger partial charge in [0.2, 0.25) is 0 Å². The minimum absolute atomic E-state index is 0. The number of hydrogen-bond donors (Lipinski definition) is 0. The van der Waals surface area contributed by atoms with Gasteiger partial charge in [0.25, 0.3) is 0 Å². The van der Waals surface area contributed by atoms with Gasteiger partial charge in [-0.25, -0.2) is 13.2 Å². The van der Waals surface area contributed by atoms with Crippen molar-refractivity contribution in [3.05, 3.63) is 41.6 Å². The van der Waals surface area contributed by atoms with Crippen molar-refractivity contribution >= 4 is 0 Å². The molecule has 0 saturated heterocycles. The molecule has 0 fully saturated rings. The molecular formula is C7H2F5Zn+. The summed E-state index contributed by atoms with van der Waals surface area (Å²) in [5, 5.41) is 0. The third-order valence-corrected chi connectivity index (χ3v) is 1.30. The largest absolute Gasteiger partial charge is 2.00 e. The quantitative estimate of drug-likeness (QED) is 0.217. The maximum atomic E-state index is 12.3. The van der Waals surface area contributed by atoms with Crippen molar-refractivity contribution < 1.29 is 41.4 Å². The van der Waals surface area contributed by atoms with Crippen molar-refractivity contribution in [2.75, 3.05) is 0 Å². The van der Waals surface area contributed by atoms with Crippen LogP contribution in [0.15, 0.2) is 0 Å². The van der Waals surface area contributed by atoms with Gasteiger partial charge in [-0.3, -0.25) is 8.78 Å². The fraction of sp³-hybridized carbons (Fsp3) is 0. The molecule has 0 nitrogen and oxygen atoms in total. The van der Waals surface area contributed by atoms with Crippen LogP contribution in [0, 0.1) is 36.0 Å². The summed E-state index contributed by atoms with van der Waals surface area (Å²) in [6.07, 6.45) is 0. The van der Waals surface area contributed by atoms with E-state index in [2.05, 4.69) is 6.92 Å². The summed E-state index contributed by atoms with van der Waals surface area (Å²) < 4.78 is 61.3. The predicted molar refractivity (Wildman–Crippen MR) is 30.7 cm³/mol. The first-order valence-corrected chi connectivity index (χ1v) is 2.80. The zero-order valence-electron chi connectivity index (χ0n) is 6.30. The summed E-state index contributed by atoms with van der Waals surface area (Å²) in [5.74, 6) is -9.91. The molecule has 0 aliphatic rings. The van der Waals surface area contributed by atoms with E-state index in [0.29, 0.717) is 0 Å². The second-order valence-corrected chi connectivity index (χ2v) is 2.05. The van der Waals surface area contributed by atoms with Crippen molar-refractivity contribution in [2.24, 2.45) is 0 Å². The Morgan fingerprint density at radius 1 is 0.615 bits per heavy atom. The summed E-state index contributed by atoms with van der Waals surface area (Å²) in [6.45, 7) is 2.69. The van der Waals surface area contributed by atoms with Crippen molar-refractivity contribution in [3.63, 3.8) is 0 Å². The first kappa shape index (κ1) is 12.4. The molecule has 0 saturated carbocycles. The molecule has 0 aliphatic heterocycles. The number of hydrogen-bond acceptors (Lipinski definition) is 0. The summed E-state index contributed by atoms with van der Waals surface area (Å²) in [7, 11) is 0. The third kappa shape index (κ3) is 1.83. The van der Waals surface area contributed by atoms with E-state index < -0.39 is 34.6 Å². The van der Waals surface area contributed by atoms with Gasteiger partial charge in [-0.15, -0.1) is 5.56 Å². The summed E-state index contributed by atoms with van der Waals surface area (Å²) >= 11 is 0. The van der Waals surface area contributed by atoms with E-state index in [1.54, 1.807) is 0 Å². The van der Waals surface area contributed by atoms with Crippen LogP contribution in [0.5, 0.6) is 0 Å². The Morgan fingerprint density at radius 3 is 1.15 bits per heavy atom. The van der Waals surface area contributed by atoms with Crippen LogP contribution >= 0.6 is 0 Å². The Bertz CT molecular complexity index is 231. The van der Waals surface area contributed by atoms with E-state index in [9.17, 15) is 22.0 Å². The van der Waals surface area contributed by atoms with Crippen LogP contribution in [-0.2, 0) is 19.5 Å².